The number of rotatable bonds is 11. The molecular weight excluding hydrogens is 552 g/mol. The van der Waals surface area contributed by atoms with Gasteiger partial charge in [-0.3, -0.25) is 14.4 Å². The van der Waals surface area contributed by atoms with Crippen LogP contribution in [0.25, 0.3) is 21.9 Å². The molecule has 2 aromatic carbocycles. The van der Waals surface area contributed by atoms with E-state index in [2.05, 4.69) is 0 Å². The Morgan fingerprint density at radius 3 is 2.05 bits per heavy atom. The molecule has 0 aliphatic rings. The lowest BCUT2D eigenvalue weighted by atomic mass is 10.1. The summed E-state index contributed by atoms with van der Waals surface area (Å²) in [6.07, 6.45) is -0.915. The number of esters is 3. The molecule has 0 amide bonds. The van der Waals surface area contributed by atoms with E-state index in [4.69, 9.17) is 32.5 Å². The number of fused-ring (bicyclic) bond motifs is 2. The van der Waals surface area contributed by atoms with Gasteiger partial charge in [0.25, 0.3) is 0 Å². The highest BCUT2D eigenvalue weighted by Gasteiger charge is 2.20. The maximum atomic E-state index is 12.9. The number of aryl methyl sites for hydroxylation is 1. The monoisotopic (exact) mass is 580 g/mol. The van der Waals surface area contributed by atoms with Crippen LogP contribution in [0, 0.1) is 6.92 Å². The van der Waals surface area contributed by atoms with E-state index < -0.39 is 34.9 Å². The summed E-state index contributed by atoms with van der Waals surface area (Å²) in [5.41, 5.74) is -0.0179. The topological polar surface area (TPSA) is 158 Å². The van der Waals surface area contributed by atoms with Gasteiger partial charge in [0.1, 0.15) is 41.3 Å². The summed E-state index contributed by atoms with van der Waals surface area (Å²) >= 11 is 0. The minimum absolute atomic E-state index is 0.0968. The van der Waals surface area contributed by atoms with Crippen LogP contribution in [-0.4, -0.2) is 50.4 Å². The van der Waals surface area contributed by atoms with E-state index in [1.807, 2.05) is 0 Å². The second-order valence-electron chi connectivity index (χ2n) is 9.04. The summed E-state index contributed by atoms with van der Waals surface area (Å²) in [6, 6.07) is 9.69. The van der Waals surface area contributed by atoms with Crippen molar-refractivity contribution < 1.29 is 46.9 Å². The van der Waals surface area contributed by atoms with Gasteiger partial charge < -0.3 is 32.5 Å². The van der Waals surface area contributed by atoms with E-state index >= 15 is 0 Å². The fourth-order valence-corrected chi connectivity index (χ4v) is 4.05. The molecule has 1 unspecified atom stereocenters. The van der Waals surface area contributed by atoms with Crippen LogP contribution in [0.4, 0.5) is 0 Å². The predicted molar refractivity (Wildman–Crippen MR) is 148 cm³/mol. The molecule has 12 nitrogen and oxygen atoms in total. The lowest BCUT2D eigenvalue weighted by Crippen LogP contribution is -2.30. The standard InChI is InChI=1S/C30H28O12/c1-5-36-29(34)26-12-21(32)20-11-18(7-8-23(20)41-26)38-14-19(40-17(4)31)15-39-24-9-16(3)10-25-28(24)22(33)13-27(42-25)30(35)37-6-2/h7-13,19H,5-6,14-15H2,1-4H3. The molecule has 0 aliphatic carbocycles. The van der Waals surface area contributed by atoms with Gasteiger partial charge in [0.15, 0.2) is 17.0 Å². The van der Waals surface area contributed by atoms with Crippen LogP contribution in [0.2, 0.25) is 0 Å². The van der Waals surface area contributed by atoms with E-state index in [1.165, 1.54) is 25.1 Å². The van der Waals surface area contributed by atoms with E-state index in [9.17, 15) is 24.0 Å². The maximum Gasteiger partial charge on any atom is 0.374 e. The SMILES string of the molecule is CCOC(=O)c1cc(=O)c2cc(OCC(COc3cc(C)cc4oc(C(=O)OCC)cc(=O)c34)OC(C)=O)ccc2o1. The molecule has 42 heavy (non-hydrogen) atoms. The zero-order valence-corrected chi connectivity index (χ0v) is 23.3. The molecule has 2 heterocycles. The fraction of sp³-hybridized carbons (Fsp3) is 0.300. The molecule has 0 saturated heterocycles. The Morgan fingerprint density at radius 2 is 1.40 bits per heavy atom. The molecule has 0 saturated carbocycles. The van der Waals surface area contributed by atoms with Crippen LogP contribution in [0.1, 0.15) is 47.4 Å². The van der Waals surface area contributed by atoms with E-state index in [0.717, 1.165) is 12.1 Å². The molecule has 0 spiro atoms. The summed E-state index contributed by atoms with van der Waals surface area (Å²) in [7, 11) is 0. The summed E-state index contributed by atoms with van der Waals surface area (Å²) in [5.74, 6) is -2.14. The minimum Gasteiger partial charge on any atom is -0.490 e. The smallest absolute Gasteiger partial charge is 0.374 e. The average Bonchev–Trinajstić information content (AvgIpc) is 2.94. The number of hydrogen-bond donors (Lipinski definition) is 0. The van der Waals surface area contributed by atoms with Crippen molar-refractivity contribution in [2.45, 2.75) is 33.8 Å². The normalized spacial score (nSPS) is 11.6. The summed E-state index contributed by atoms with van der Waals surface area (Å²) in [6.45, 7) is 6.13. The van der Waals surface area contributed by atoms with Crippen molar-refractivity contribution >= 4 is 39.8 Å². The molecule has 0 fully saturated rings. The molecule has 0 N–H and O–H groups in total. The highest BCUT2D eigenvalue weighted by molar-refractivity contribution is 5.91. The Kier molecular flexibility index (Phi) is 9.25. The first kappa shape index (κ1) is 29.8. The molecule has 4 rings (SSSR count). The van der Waals surface area contributed by atoms with Crippen LogP contribution >= 0.6 is 0 Å². The van der Waals surface area contributed by atoms with E-state index in [-0.39, 0.29) is 71.4 Å². The molecule has 0 radical (unpaired) electrons. The average molecular weight is 581 g/mol. The predicted octanol–water partition coefficient (Wildman–Crippen LogP) is 3.95. The lowest BCUT2D eigenvalue weighted by molar-refractivity contribution is -0.149. The highest BCUT2D eigenvalue weighted by Crippen LogP contribution is 2.27. The van der Waals surface area contributed by atoms with Gasteiger partial charge in [0.2, 0.25) is 11.5 Å². The van der Waals surface area contributed by atoms with Gasteiger partial charge in [-0.1, -0.05) is 0 Å². The van der Waals surface area contributed by atoms with E-state index in [1.54, 1.807) is 32.9 Å². The first-order valence-corrected chi connectivity index (χ1v) is 13.0. The molecule has 220 valence electrons. The second kappa shape index (κ2) is 13.0. The van der Waals surface area contributed by atoms with Crippen molar-refractivity contribution in [2.24, 2.45) is 0 Å². The summed E-state index contributed by atoms with van der Waals surface area (Å²) < 4.78 is 37.9. The fourth-order valence-electron chi connectivity index (χ4n) is 4.05. The van der Waals surface area contributed by atoms with Gasteiger partial charge in [-0.2, -0.15) is 0 Å². The maximum absolute atomic E-state index is 12.9. The first-order chi connectivity index (χ1) is 20.1. The third-order valence-corrected chi connectivity index (χ3v) is 5.78. The lowest BCUT2D eigenvalue weighted by Gasteiger charge is -2.19. The summed E-state index contributed by atoms with van der Waals surface area (Å²) in [5, 5.41) is 0.264. The van der Waals surface area contributed by atoms with Gasteiger partial charge in [-0.25, -0.2) is 9.59 Å². The van der Waals surface area contributed by atoms with Gasteiger partial charge in [-0.05, 0) is 56.7 Å². The Labute approximate surface area is 238 Å². The zero-order chi connectivity index (χ0) is 30.4. The largest absolute Gasteiger partial charge is 0.490 e. The zero-order valence-electron chi connectivity index (χ0n) is 23.3. The minimum atomic E-state index is -0.915. The van der Waals surface area contributed by atoms with Crippen molar-refractivity contribution in [3.8, 4) is 11.5 Å². The molecule has 12 heteroatoms. The van der Waals surface area contributed by atoms with Crippen molar-refractivity contribution in [3.05, 3.63) is 80.0 Å². The van der Waals surface area contributed by atoms with E-state index in [0.29, 0.717) is 5.56 Å². The Morgan fingerprint density at radius 1 is 0.786 bits per heavy atom. The third-order valence-electron chi connectivity index (χ3n) is 5.78. The number of ether oxygens (including phenoxy) is 5. The molecule has 1 atom stereocenters. The van der Waals surface area contributed by atoms with Crippen molar-refractivity contribution in [2.75, 3.05) is 26.4 Å². The molecule has 0 aliphatic heterocycles. The van der Waals surface area contributed by atoms with Crippen molar-refractivity contribution in [3.63, 3.8) is 0 Å². The van der Waals surface area contributed by atoms with Crippen molar-refractivity contribution in [1.82, 2.24) is 0 Å². The molecular formula is C30H28O12. The van der Waals surface area contributed by atoms with Gasteiger partial charge >= 0.3 is 17.9 Å². The van der Waals surface area contributed by atoms with Crippen molar-refractivity contribution in [1.29, 1.82) is 0 Å². The Hall–Kier alpha value is -5.13. The molecule has 2 aromatic heterocycles. The van der Waals surface area contributed by atoms with Gasteiger partial charge in [0.05, 0.1) is 18.6 Å². The highest BCUT2D eigenvalue weighted by atomic mass is 16.6. The number of carbonyl (C=O) groups excluding carboxylic acids is 3. The van der Waals surface area contributed by atoms with Gasteiger partial charge in [-0.15, -0.1) is 0 Å². The van der Waals surface area contributed by atoms with Crippen LogP contribution in [-0.2, 0) is 19.0 Å². The number of hydrogen-bond acceptors (Lipinski definition) is 12. The second-order valence-corrected chi connectivity index (χ2v) is 9.04. The Bertz CT molecular complexity index is 1760. The Balaban J connectivity index is 1.53. The number of benzene rings is 2. The first-order valence-electron chi connectivity index (χ1n) is 13.0. The quantitative estimate of drug-likeness (QED) is 0.186. The molecule has 0 bridgehead atoms. The van der Waals surface area contributed by atoms with Crippen LogP contribution in [0.5, 0.6) is 11.5 Å². The van der Waals surface area contributed by atoms with Crippen LogP contribution < -0.4 is 20.3 Å². The summed E-state index contributed by atoms with van der Waals surface area (Å²) in [4.78, 5) is 61.3. The molecule has 4 aromatic rings. The van der Waals surface area contributed by atoms with Crippen LogP contribution in [0.3, 0.4) is 0 Å². The number of carbonyl (C=O) groups is 3. The van der Waals surface area contributed by atoms with Gasteiger partial charge in [0, 0.05) is 19.1 Å². The van der Waals surface area contributed by atoms with Crippen LogP contribution in [0.15, 0.2) is 60.9 Å². The third kappa shape index (κ3) is 6.95.